The molecule has 1 atom stereocenters. The highest BCUT2D eigenvalue weighted by atomic mass is 16.5. The zero-order chi connectivity index (χ0) is 27.0. The third-order valence-electron chi connectivity index (χ3n) is 7.43. The fourth-order valence-electron chi connectivity index (χ4n) is 5.43. The Bertz CT molecular complexity index is 1430. The third-order valence-corrected chi connectivity index (χ3v) is 7.43. The van der Waals surface area contributed by atoms with Crippen LogP contribution in [0.2, 0.25) is 0 Å². The Morgan fingerprint density at radius 3 is 2.58 bits per heavy atom. The molecule has 9 nitrogen and oxygen atoms in total. The van der Waals surface area contributed by atoms with E-state index < -0.39 is 5.97 Å². The van der Waals surface area contributed by atoms with Crippen molar-refractivity contribution in [2.75, 3.05) is 13.1 Å². The predicted octanol–water partition coefficient (Wildman–Crippen LogP) is 3.54. The smallest absolute Gasteiger partial charge is 0.329 e. The number of carbonyl (C=O) groups excluding carboxylic acids is 1. The van der Waals surface area contributed by atoms with Crippen LogP contribution >= 0.6 is 0 Å². The van der Waals surface area contributed by atoms with E-state index in [9.17, 15) is 14.7 Å². The molecule has 2 saturated heterocycles. The monoisotopic (exact) mass is 513 g/mol. The maximum absolute atomic E-state index is 13.4. The number of nitrogens with one attached hydrogen (secondary N) is 2. The minimum Gasteiger partial charge on any atom is -0.491 e. The molecule has 38 heavy (non-hydrogen) atoms. The fraction of sp³-hybridized carbons (Fsp3) is 0.310. The first kappa shape index (κ1) is 25.3. The molecule has 1 amide bonds. The van der Waals surface area contributed by atoms with Crippen LogP contribution < -0.4 is 5.73 Å². The van der Waals surface area contributed by atoms with E-state index in [-0.39, 0.29) is 29.5 Å². The Morgan fingerprint density at radius 1 is 1.16 bits per heavy atom. The Hall–Kier alpha value is -4.40. The maximum Gasteiger partial charge on any atom is 0.329 e. The molecule has 3 aliphatic rings. The van der Waals surface area contributed by atoms with Crippen molar-refractivity contribution >= 4 is 34.3 Å². The van der Waals surface area contributed by atoms with Crippen LogP contribution in [0.5, 0.6) is 0 Å². The maximum atomic E-state index is 13.4. The second-order valence-corrected chi connectivity index (χ2v) is 9.99. The zero-order valence-electron chi connectivity index (χ0n) is 21.2. The molecule has 1 unspecified atom stereocenters. The first-order valence-electron chi connectivity index (χ1n) is 12.7. The number of carbonyl (C=O) groups is 2. The van der Waals surface area contributed by atoms with E-state index in [0.717, 1.165) is 48.3 Å². The minimum atomic E-state index is -1.16. The van der Waals surface area contributed by atoms with Crippen molar-refractivity contribution in [2.45, 2.75) is 44.9 Å². The molecule has 2 heterocycles. The summed E-state index contributed by atoms with van der Waals surface area (Å²) in [5, 5.41) is 26.9. The van der Waals surface area contributed by atoms with Gasteiger partial charge in [-0.25, -0.2) is 4.79 Å². The molecule has 0 saturated carbocycles. The lowest BCUT2D eigenvalue weighted by atomic mass is 9.95. The summed E-state index contributed by atoms with van der Waals surface area (Å²) in [6, 6.07) is 11.2. The van der Waals surface area contributed by atoms with Crippen LogP contribution in [0.1, 0.15) is 37.3 Å². The Labute approximate surface area is 220 Å². The van der Waals surface area contributed by atoms with Gasteiger partial charge in [-0.05, 0) is 59.5 Å². The van der Waals surface area contributed by atoms with Crippen LogP contribution in [-0.2, 0) is 20.9 Å². The number of likely N-dealkylation sites (tertiary alicyclic amines) is 2. The highest BCUT2D eigenvalue weighted by molar-refractivity contribution is 6.06. The second-order valence-electron chi connectivity index (χ2n) is 9.99. The average molecular weight is 514 g/mol. The van der Waals surface area contributed by atoms with Gasteiger partial charge in [0, 0.05) is 44.1 Å². The number of aliphatic carboxylic acids is 1. The molecule has 0 spiro atoms. The van der Waals surface area contributed by atoms with E-state index in [1.807, 2.05) is 47.4 Å². The molecule has 5 rings (SSSR count). The average Bonchev–Trinajstić information content (AvgIpc) is 3.13. The summed E-state index contributed by atoms with van der Waals surface area (Å²) in [7, 11) is 0. The van der Waals surface area contributed by atoms with Gasteiger partial charge in [0.1, 0.15) is 17.7 Å². The molecule has 196 valence electrons. The number of rotatable bonds is 6. The standard InChI is InChI=1S/C29H31N5O4/c1-17(30)33-10-8-22(9-11-33)38-23-6-7-26-24(14-23)25(15-27(35)36)29(37)34(26)16-18-2-3-19-4-5-20(28(31)32)13-21(19)12-18/h2-6,12-15,22,26,30H,7-11,16H2,1H3,(H3,31,32)(H,35,36)/b25-15-,30-17?. The van der Waals surface area contributed by atoms with Crippen LogP contribution in [0, 0.1) is 10.8 Å². The lowest BCUT2D eigenvalue weighted by Gasteiger charge is -2.34. The number of hydrogen-bond donors (Lipinski definition) is 4. The molecule has 0 radical (unpaired) electrons. The number of nitrogens with zero attached hydrogens (tertiary/aromatic N) is 2. The van der Waals surface area contributed by atoms with Crippen molar-refractivity contribution in [1.82, 2.24) is 9.80 Å². The van der Waals surface area contributed by atoms with Crippen molar-refractivity contribution in [3.63, 3.8) is 0 Å². The van der Waals surface area contributed by atoms with Crippen LogP contribution in [0.15, 0.2) is 71.5 Å². The number of nitrogens with two attached hydrogens (primary N) is 1. The largest absolute Gasteiger partial charge is 0.491 e. The van der Waals surface area contributed by atoms with Gasteiger partial charge in [0.25, 0.3) is 5.91 Å². The SMILES string of the molecule is CC(=N)N1CCC(OC2=CCC3C(=C2)/C(=C/C(=O)O)C(=O)N3Cc2ccc3ccc(C(=N)N)cc3c2)CC1. The van der Waals surface area contributed by atoms with E-state index >= 15 is 0 Å². The third kappa shape index (κ3) is 5.04. The number of piperidine rings is 1. The van der Waals surface area contributed by atoms with Crippen LogP contribution in [-0.4, -0.2) is 63.7 Å². The summed E-state index contributed by atoms with van der Waals surface area (Å²) in [4.78, 5) is 28.8. The summed E-state index contributed by atoms with van der Waals surface area (Å²) in [6.45, 7) is 3.64. The highest BCUT2D eigenvalue weighted by Gasteiger charge is 2.41. The summed E-state index contributed by atoms with van der Waals surface area (Å²) in [6.07, 6.45) is 6.94. The normalized spacial score (nSPS) is 20.8. The first-order chi connectivity index (χ1) is 18.2. The first-order valence-corrected chi connectivity index (χ1v) is 12.7. The quantitative estimate of drug-likeness (QED) is 0.264. The molecular weight excluding hydrogens is 482 g/mol. The molecule has 9 heteroatoms. The van der Waals surface area contributed by atoms with E-state index in [2.05, 4.69) is 0 Å². The summed E-state index contributed by atoms with van der Waals surface area (Å²) in [5.74, 6) is -0.263. The van der Waals surface area contributed by atoms with Gasteiger partial charge in [-0.15, -0.1) is 0 Å². The van der Waals surface area contributed by atoms with Gasteiger partial charge in [0.05, 0.1) is 17.5 Å². The van der Waals surface area contributed by atoms with Crippen molar-refractivity contribution in [1.29, 1.82) is 10.8 Å². The minimum absolute atomic E-state index is 0.00680. The fourth-order valence-corrected chi connectivity index (χ4v) is 5.43. The molecule has 0 aromatic heterocycles. The van der Waals surface area contributed by atoms with Gasteiger partial charge >= 0.3 is 5.97 Å². The molecule has 2 fully saturated rings. The van der Waals surface area contributed by atoms with Gasteiger partial charge in [0.2, 0.25) is 0 Å². The number of amidine groups is 2. The molecule has 0 bridgehead atoms. The van der Waals surface area contributed by atoms with E-state index in [4.69, 9.17) is 21.3 Å². The summed E-state index contributed by atoms with van der Waals surface area (Å²) < 4.78 is 6.24. The number of nitrogen functional groups attached to an aromatic ring is 1. The molecular formula is C29H31N5O4. The lowest BCUT2D eigenvalue weighted by molar-refractivity contribution is -0.132. The molecule has 2 aromatic rings. The van der Waals surface area contributed by atoms with Gasteiger partial charge in [-0.2, -0.15) is 0 Å². The Morgan fingerprint density at radius 2 is 1.89 bits per heavy atom. The van der Waals surface area contributed by atoms with Gasteiger partial charge < -0.3 is 25.4 Å². The van der Waals surface area contributed by atoms with Gasteiger partial charge in [0.15, 0.2) is 0 Å². The number of fused-ring (bicyclic) bond motifs is 2. The molecule has 2 aliphatic heterocycles. The number of carboxylic acids is 1. The summed E-state index contributed by atoms with van der Waals surface area (Å²) >= 11 is 0. The number of hydrogen-bond acceptors (Lipinski definition) is 5. The zero-order valence-corrected chi connectivity index (χ0v) is 21.2. The van der Waals surface area contributed by atoms with Crippen molar-refractivity contribution in [3.05, 3.63) is 82.7 Å². The number of amides is 1. The van der Waals surface area contributed by atoms with Crippen molar-refractivity contribution in [3.8, 4) is 0 Å². The Kier molecular flexibility index (Phi) is 6.75. The van der Waals surface area contributed by atoms with Crippen LogP contribution in [0.3, 0.4) is 0 Å². The van der Waals surface area contributed by atoms with E-state index in [1.54, 1.807) is 17.9 Å². The number of ether oxygens (including phenoxy) is 1. The summed E-state index contributed by atoms with van der Waals surface area (Å²) in [5.41, 5.74) is 8.04. The molecule has 2 aromatic carbocycles. The van der Waals surface area contributed by atoms with Crippen molar-refractivity contribution in [2.24, 2.45) is 5.73 Å². The highest BCUT2D eigenvalue weighted by Crippen LogP contribution is 2.38. The van der Waals surface area contributed by atoms with Crippen LogP contribution in [0.25, 0.3) is 10.8 Å². The molecule has 1 aliphatic carbocycles. The predicted molar refractivity (Wildman–Crippen MR) is 145 cm³/mol. The van der Waals surface area contributed by atoms with Gasteiger partial charge in [-0.3, -0.25) is 15.6 Å². The van der Waals surface area contributed by atoms with Gasteiger partial charge in [-0.1, -0.05) is 24.3 Å². The number of benzene rings is 2. The number of allylic oxidation sites excluding steroid dienone is 1. The Balaban J connectivity index is 1.37. The topological polar surface area (TPSA) is 144 Å². The van der Waals surface area contributed by atoms with E-state index in [0.29, 0.717) is 35.7 Å². The lowest BCUT2D eigenvalue weighted by Crippen LogP contribution is -2.39. The van der Waals surface area contributed by atoms with Crippen LogP contribution in [0.4, 0.5) is 0 Å². The molecule has 5 N–H and O–H groups in total. The van der Waals surface area contributed by atoms with Crippen molar-refractivity contribution < 1.29 is 19.4 Å². The van der Waals surface area contributed by atoms with E-state index in [1.165, 1.54) is 0 Å². The second kappa shape index (κ2) is 10.2. The number of carboxylic acid groups (broad SMARTS) is 1.